The molecule has 29 heavy (non-hydrogen) atoms. The van der Waals surface area contributed by atoms with Crippen molar-refractivity contribution in [2.45, 2.75) is 23.8 Å². The summed E-state index contributed by atoms with van der Waals surface area (Å²) < 4.78 is 27.2. The maximum Gasteiger partial charge on any atom is 0.332 e. The maximum atomic E-state index is 12.9. The fraction of sp³-hybridized carbons (Fsp3) is 0.300. The van der Waals surface area contributed by atoms with Crippen LogP contribution < -0.4 is 4.90 Å². The lowest BCUT2D eigenvalue weighted by Gasteiger charge is -2.35. The molecule has 2 aliphatic rings. The first-order valence-corrected chi connectivity index (χ1v) is 11.1. The molecule has 0 aliphatic carbocycles. The van der Waals surface area contributed by atoms with Crippen LogP contribution in [0, 0.1) is 0 Å². The Morgan fingerprint density at radius 1 is 0.897 bits per heavy atom. The molecular formula is C20H20ClN3O4S. The van der Waals surface area contributed by atoms with Crippen LogP contribution in [0.1, 0.15) is 12.8 Å². The molecule has 9 heteroatoms. The number of carbonyl (C=O) groups excluding carboxylic acids is 2. The summed E-state index contributed by atoms with van der Waals surface area (Å²) in [5.41, 5.74) is 0.545. The molecule has 7 nitrogen and oxygen atoms in total. The number of sulfonamides is 1. The number of hydrogen-bond acceptors (Lipinski definition) is 4. The van der Waals surface area contributed by atoms with E-state index >= 15 is 0 Å². The fourth-order valence-electron chi connectivity index (χ4n) is 3.82. The van der Waals surface area contributed by atoms with Gasteiger partial charge >= 0.3 is 6.03 Å². The predicted molar refractivity (Wildman–Crippen MR) is 109 cm³/mol. The van der Waals surface area contributed by atoms with E-state index in [-0.39, 0.29) is 47.5 Å². The molecule has 0 saturated carbocycles. The van der Waals surface area contributed by atoms with E-state index in [1.807, 2.05) is 6.07 Å². The smallest absolute Gasteiger partial charge is 0.312 e. The van der Waals surface area contributed by atoms with Gasteiger partial charge in [-0.05, 0) is 37.1 Å². The third-order valence-corrected chi connectivity index (χ3v) is 7.72. The van der Waals surface area contributed by atoms with Gasteiger partial charge in [0.1, 0.15) is 11.4 Å². The number of anilines is 1. The van der Waals surface area contributed by atoms with Gasteiger partial charge in [-0.3, -0.25) is 4.79 Å². The highest BCUT2D eigenvalue weighted by molar-refractivity contribution is 7.89. The minimum atomic E-state index is -3.70. The van der Waals surface area contributed by atoms with Gasteiger partial charge in [0.05, 0.1) is 10.7 Å². The normalized spacial score (nSPS) is 19.2. The van der Waals surface area contributed by atoms with Crippen molar-refractivity contribution >= 4 is 39.2 Å². The van der Waals surface area contributed by atoms with Crippen molar-refractivity contribution in [2.75, 3.05) is 24.5 Å². The minimum absolute atomic E-state index is 0.00958. The zero-order chi connectivity index (χ0) is 20.6. The third-order valence-electron chi connectivity index (χ3n) is 5.33. The lowest BCUT2D eigenvalue weighted by Crippen LogP contribution is -2.48. The molecule has 0 atom stereocenters. The zero-order valence-electron chi connectivity index (χ0n) is 15.6. The van der Waals surface area contributed by atoms with Crippen molar-refractivity contribution < 1.29 is 18.0 Å². The van der Waals surface area contributed by atoms with Gasteiger partial charge in [-0.25, -0.2) is 18.1 Å². The summed E-state index contributed by atoms with van der Waals surface area (Å²) in [5.74, 6) is -0.271. The molecule has 2 aromatic rings. The number of benzene rings is 2. The van der Waals surface area contributed by atoms with Gasteiger partial charge in [-0.2, -0.15) is 4.31 Å². The lowest BCUT2D eigenvalue weighted by atomic mass is 10.1. The summed E-state index contributed by atoms with van der Waals surface area (Å²) in [7, 11) is -3.70. The van der Waals surface area contributed by atoms with Crippen LogP contribution in [0.3, 0.4) is 0 Å². The van der Waals surface area contributed by atoms with Crippen LogP contribution in [-0.2, 0) is 14.8 Å². The second kappa shape index (κ2) is 7.78. The van der Waals surface area contributed by atoms with Crippen LogP contribution in [0.2, 0.25) is 5.02 Å². The lowest BCUT2D eigenvalue weighted by molar-refractivity contribution is -0.116. The standard InChI is InChI=1S/C20H20ClN3O4S/c21-17-8-4-5-9-18(17)29(27,28)22-12-10-15(11-13-22)23-14-19(25)24(20(23)26)16-6-2-1-3-7-16/h1-9,15H,10-14H2. The first-order chi connectivity index (χ1) is 13.9. The van der Waals surface area contributed by atoms with Crippen LogP contribution in [0.4, 0.5) is 10.5 Å². The number of piperidine rings is 1. The molecule has 0 N–H and O–H groups in total. The highest BCUT2D eigenvalue weighted by Gasteiger charge is 2.42. The van der Waals surface area contributed by atoms with Gasteiger partial charge < -0.3 is 4.90 Å². The predicted octanol–water partition coefficient (Wildman–Crippen LogP) is 2.96. The summed E-state index contributed by atoms with van der Waals surface area (Å²) in [4.78, 5) is 28.1. The van der Waals surface area contributed by atoms with E-state index < -0.39 is 10.0 Å². The Morgan fingerprint density at radius 2 is 1.52 bits per heavy atom. The van der Waals surface area contributed by atoms with Crippen LogP contribution in [0.25, 0.3) is 0 Å². The molecule has 4 rings (SSSR count). The molecule has 0 radical (unpaired) electrons. The van der Waals surface area contributed by atoms with Crippen LogP contribution in [0.15, 0.2) is 59.5 Å². The van der Waals surface area contributed by atoms with Crippen LogP contribution in [0.5, 0.6) is 0 Å². The molecule has 152 valence electrons. The number of amides is 3. The number of urea groups is 1. The molecule has 0 unspecified atom stereocenters. The van der Waals surface area contributed by atoms with Crippen molar-refractivity contribution in [2.24, 2.45) is 0 Å². The number of halogens is 1. The number of rotatable bonds is 4. The van der Waals surface area contributed by atoms with E-state index in [0.29, 0.717) is 18.5 Å². The van der Waals surface area contributed by atoms with E-state index in [1.54, 1.807) is 47.4 Å². The van der Waals surface area contributed by atoms with E-state index in [0.717, 1.165) is 0 Å². The molecule has 2 aromatic carbocycles. The molecule has 2 saturated heterocycles. The molecular weight excluding hydrogens is 414 g/mol. The maximum absolute atomic E-state index is 12.9. The second-order valence-corrected chi connectivity index (χ2v) is 9.35. The molecule has 3 amide bonds. The average Bonchev–Trinajstić information content (AvgIpc) is 3.03. The van der Waals surface area contributed by atoms with E-state index in [2.05, 4.69) is 0 Å². The van der Waals surface area contributed by atoms with Gasteiger partial charge in [0, 0.05) is 19.1 Å². The van der Waals surface area contributed by atoms with Crippen molar-refractivity contribution in [3.05, 3.63) is 59.6 Å². The van der Waals surface area contributed by atoms with Crippen LogP contribution in [-0.4, -0.2) is 55.2 Å². The van der Waals surface area contributed by atoms with E-state index in [9.17, 15) is 18.0 Å². The molecule has 2 fully saturated rings. The Hall–Kier alpha value is -2.42. The Morgan fingerprint density at radius 3 is 2.17 bits per heavy atom. The number of nitrogens with zero attached hydrogens (tertiary/aromatic N) is 3. The second-order valence-electron chi connectivity index (χ2n) is 7.04. The summed E-state index contributed by atoms with van der Waals surface area (Å²) >= 11 is 6.07. The Labute approximate surface area is 174 Å². The largest absolute Gasteiger partial charge is 0.332 e. The van der Waals surface area contributed by atoms with Gasteiger partial charge in [0.2, 0.25) is 10.0 Å². The van der Waals surface area contributed by atoms with Gasteiger partial charge in [0.15, 0.2) is 0 Å². The van der Waals surface area contributed by atoms with Crippen molar-refractivity contribution in [1.82, 2.24) is 9.21 Å². The monoisotopic (exact) mass is 433 g/mol. The van der Waals surface area contributed by atoms with Gasteiger partial charge in [0.25, 0.3) is 5.91 Å². The molecule has 0 bridgehead atoms. The third kappa shape index (κ3) is 3.63. The molecule has 2 aliphatic heterocycles. The van der Waals surface area contributed by atoms with Crippen LogP contribution >= 0.6 is 11.6 Å². The molecule has 0 aromatic heterocycles. The van der Waals surface area contributed by atoms with E-state index in [1.165, 1.54) is 15.3 Å². The Kier molecular flexibility index (Phi) is 5.33. The summed E-state index contributed by atoms with van der Waals surface area (Å²) in [6.07, 6.45) is 0.927. The molecule has 0 spiro atoms. The summed E-state index contributed by atoms with van der Waals surface area (Å²) in [5, 5.41) is 0.188. The number of para-hydroxylation sites is 1. The Bertz CT molecular complexity index is 1040. The first kappa shape index (κ1) is 19.9. The fourth-order valence-corrected chi connectivity index (χ4v) is 5.79. The Balaban J connectivity index is 1.46. The van der Waals surface area contributed by atoms with Gasteiger partial charge in [-0.15, -0.1) is 0 Å². The minimum Gasteiger partial charge on any atom is -0.312 e. The SMILES string of the molecule is O=C1CN(C2CCN(S(=O)(=O)c3ccccc3Cl)CC2)C(=O)N1c1ccccc1. The highest BCUT2D eigenvalue weighted by atomic mass is 35.5. The number of hydrogen-bond donors (Lipinski definition) is 0. The number of carbonyl (C=O) groups is 2. The quantitative estimate of drug-likeness (QED) is 0.694. The zero-order valence-corrected chi connectivity index (χ0v) is 17.1. The van der Waals surface area contributed by atoms with E-state index in [4.69, 9.17) is 11.6 Å². The number of imide groups is 1. The van der Waals surface area contributed by atoms with Crippen molar-refractivity contribution in [1.29, 1.82) is 0 Å². The highest BCUT2D eigenvalue weighted by Crippen LogP contribution is 2.30. The van der Waals surface area contributed by atoms with Crippen molar-refractivity contribution in [3.63, 3.8) is 0 Å². The summed E-state index contributed by atoms with van der Waals surface area (Å²) in [6, 6.07) is 14.6. The van der Waals surface area contributed by atoms with Crippen molar-refractivity contribution in [3.8, 4) is 0 Å². The topological polar surface area (TPSA) is 78.0 Å². The summed E-state index contributed by atoms with van der Waals surface area (Å²) in [6.45, 7) is 0.540. The van der Waals surface area contributed by atoms with Gasteiger partial charge in [-0.1, -0.05) is 41.9 Å². The first-order valence-electron chi connectivity index (χ1n) is 9.33. The molecule has 2 heterocycles. The average molecular weight is 434 g/mol.